The molecule has 0 unspecified atom stereocenters. The Bertz CT molecular complexity index is 1130. The summed E-state index contributed by atoms with van der Waals surface area (Å²) in [6, 6.07) is 14.8. The predicted octanol–water partition coefficient (Wildman–Crippen LogP) is 3.09. The highest BCUT2D eigenvalue weighted by molar-refractivity contribution is 7.90. The minimum Gasteiger partial charge on any atom is -0.341 e. The van der Waals surface area contributed by atoms with Crippen LogP contribution < -0.4 is 0 Å². The van der Waals surface area contributed by atoms with Gasteiger partial charge in [-0.15, -0.1) is 4.40 Å². The van der Waals surface area contributed by atoms with Crippen molar-refractivity contribution < 1.29 is 16.8 Å². The van der Waals surface area contributed by atoms with Crippen molar-refractivity contribution in [2.24, 2.45) is 10.3 Å². The van der Waals surface area contributed by atoms with Gasteiger partial charge in [-0.05, 0) is 44.0 Å². The molecule has 1 aliphatic heterocycles. The van der Waals surface area contributed by atoms with E-state index in [-0.39, 0.29) is 28.1 Å². The highest BCUT2D eigenvalue weighted by Gasteiger charge is 2.42. The molecule has 0 N–H and O–H groups in total. The van der Waals surface area contributed by atoms with Crippen LogP contribution in [0.4, 0.5) is 0 Å². The van der Waals surface area contributed by atoms with Crippen LogP contribution >= 0.6 is 0 Å². The minimum atomic E-state index is -3.89. The standard InChI is InChI=1S/C21H27N3O4S2/c1-16(2)21-23(14-15-24(21)30(27,28)20-8-6-5-7-9-20)18(4)22-29(25,26)19-12-10-17(3)11-13-19/h5-13,16,21H,14-15H2,1-4H3/t21-/m0/s1. The molecule has 2 aromatic carbocycles. The Morgan fingerprint density at radius 2 is 1.53 bits per heavy atom. The number of aryl methyl sites for hydroxylation is 1. The molecule has 1 aliphatic rings. The van der Waals surface area contributed by atoms with E-state index in [2.05, 4.69) is 4.40 Å². The van der Waals surface area contributed by atoms with Gasteiger partial charge in [0.1, 0.15) is 5.84 Å². The fourth-order valence-electron chi connectivity index (χ4n) is 3.65. The maximum atomic E-state index is 13.2. The Morgan fingerprint density at radius 1 is 0.933 bits per heavy atom. The van der Waals surface area contributed by atoms with Crippen LogP contribution in [-0.2, 0) is 20.0 Å². The largest absolute Gasteiger partial charge is 0.341 e. The maximum absolute atomic E-state index is 13.2. The second-order valence-corrected chi connectivity index (χ2v) is 11.2. The predicted molar refractivity (Wildman–Crippen MR) is 117 cm³/mol. The Labute approximate surface area is 179 Å². The van der Waals surface area contributed by atoms with Gasteiger partial charge in [-0.1, -0.05) is 49.7 Å². The summed E-state index contributed by atoms with van der Waals surface area (Å²) in [7, 11) is -7.60. The number of hydrogen-bond acceptors (Lipinski definition) is 4. The Morgan fingerprint density at radius 3 is 2.10 bits per heavy atom. The summed E-state index contributed by atoms with van der Waals surface area (Å²) in [6.07, 6.45) is -0.521. The molecule has 0 aliphatic carbocycles. The highest BCUT2D eigenvalue weighted by Crippen LogP contribution is 2.29. The quantitative estimate of drug-likeness (QED) is 0.517. The third-order valence-corrected chi connectivity index (χ3v) is 8.36. The van der Waals surface area contributed by atoms with Gasteiger partial charge in [0.15, 0.2) is 0 Å². The van der Waals surface area contributed by atoms with E-state index in [0.29, 0.717) is 6.54 Å². The molecule has 7 nitrogen and oxygen atoms in total. The molecule has 0 spiro atoms. The van der Waals surface area contributed by atoms with Crippen molar-refractivity contribution in [2.45, 2.75) is 43.7 Å². The molecule has 30 heavy (non-hydrogen) atoms. The zero-order chi connectivity index (χ0) is 22.1. The maximum Gasteiger partial charge on any atom is 0.283 e. The summed E-state index contributed by atoms with van der Waals surface area (Å²) in [6.45, 7) is 7.95. The van der Waals surface area contributed by atoms with Crippen molar-refractivity contribution in [1.82, 2.24) is 9.21 Å². The molecular weight excluding hydrogens is 422 g/mol. The number of nitrogens with zero attached hydrogens (tertiary/aromatic N) is 3. The summed E-state index contributed by atoms with van der Waals surface area (Å²) in [4.78, 5) is 2.09. The van der Waals surface area contributed by atoms with Gasteiger partial charge < -0.3 is 4.90 Å². The lowest BCUT2D eigenvalue weighted by atomic mass is 10.1. The van der Waals surface area contributed by atoms with Gasteiger partial charge in [0, 0.05) is 13.1 Å². The van der Waals surface area contributed by atoms with E-state index < -0.39 is 26.2 Å². The number of rotatable bonds is 5. The Hall–Kier alpha value is -2.23. The smallest absolute Gasteiger partial charge is 0.283 e. The first-order valence-corrected chi connectivity index (χ1v) is 12.6. The fraction of sp³-hybridized carbons (Fsp3) is 0.381. The number of hydrogen-bond donors (Lipinski definition) is 0. The molecule has 1 atom stereocenters. The van der Waals surface area contributed by atoms with Gasteiger partial charge in [-0.3, -0.25) is 0 Å². The summed E-state index contributed by atoms with van der Waals surface area (Å²) in [5.74, 6) is 0.207. The molecule has 0 amide bonds. The first-order valence-electron chi connectivity index (χ1n) is 9.76. The molecule has 0 radical (unpaired) electrons. The monoisotopic (exact) mass is 449 g/mol. The van der Waals surface area contributed by atoms with E-state index in [1.807, 2.05) is 20.8 Å². The van der Waals surface area contributed by atoms with Gasteiger partial charge in [0.2, 0.25) is 10.0 Å². The van der Waals surface area contributed by atoms with Gasteiger partial charge in [0.25, 0.3) is 10.0 Å². The fourth-order valence-corrected chi connectivity index (χ4v) is 6.43. The molecule has 1 heterocycles. The normalized spacial score (nSPS) is 18.9. The minimum absolute atomic E-state index is 0.0711. The first-order chi connectivity index (χ1) is 14.0. The van der Waals surface area contributed by atoms with Gasteiger partial charge in [-0.2, -0.15) is 12.7 Å². The summed E-state index contributed by atoms with van der Waals surface area (Å²) in [5.41, 5.74) is 0.954. The van der Waals surface area contributed by atoms with Crippen molar-refractivity contribution >= 4 is 25.9 Å². The molecule has 0 aromatic heterocycles. The van der Waals surface area contributed by atoms with Gasteiger partial charge in [-0.25, -0.2) is 8.42 Å². The average Bonchev–Trinajstić information content (AvgIpc) is 3.15. The second kappa shape index (κ2) is 8.49. The van der Waals surface area contributed by atoms with Gasteiger partial charge in [0.05, 0.1) is 16.0 Å². The lowest BCUT2D eigenvalue weighted by Gasteiger charge is -2.33. The van der Waals surface area contributed by atoms with Crippen LogP contribution in [0.1, 0.15) is 26.3 Å². The van der Waals surface area contributed by atoms with Crippen LogP contribution in [0.2, 0.25) is 0 Å². The Balaban J connectivity index is 1.94. The van der Waals surface area contributed by atoms with Crippen molar-refractivity contribution in [2.75, 3.05) is 13.1 Å². The summed E-state index contributed by atoms with van der Waals surface area (Å²) < 4.78 is 57.3. The number of sulfonamides is 2. The van der Waals surface area contributed by atoms with Gasteiger partial charge >= 0.3 is 0 Å². The van der Waals surface area contributed by atoms with Crippen LogP contribution in [0.5, 0.6) is 0 Å². The molecule has 162 valence electrons. The molecule has 3 rings (SSSR count). The molecule has 1 fully saturated rings. The summed E-state index contributed by atoms with van der Waals surface area (Å²) >= 11 is 0. The molecule has 9 heteroatoms. The number of amidine groups is 1. The zero-order valence-corrected chi connectivity index (χ0v) is 19.2. The number of benzene rings is 2. The zero-order valence-electron chi connectivity index (χ0n) is 17.6. The van der Waals surface area contributed by atoms with Crippen LogP contribution in [0.3, 0.4) is 0 Å². The van der Waals surface area contributed by atoms with E-state index in [0.717, 1.165) is 5.56 Å². The van der Waals surface area contributed by atoms with Crippen molar-refractivity contribution in [3.8, 4) is 0 Å². The van der Waals surface area contributed by atoms with E-state index in [4.69, 9.17) is 0 Å². The highest BCUT2D eigenvalue weighted by atomic mass is 32.2. The SMILES string of the molecule is CC(=NS(=O)(=O)c1ccc(C)cc1)N1CCN(S(=O)(=O)c2ccccc2)[C@H]1C(C)C. The molecule has 0 bridgehead atoms. The summed E-state index contributed by atoms with van der Waals surface area (Å²) in [5, 5.41) is 0. The van der Waals surface area contributed by atoms with Crippen LogP contribution in [-0.4, -0.2) is 51.1 Å². The van der Waals surface area contributed by atoms with Crippen LogP contribution in [0.25, 0.3) is 0 Å². The van der Waals surface area contributed by atoms with Crippen molar-refractivity contribution in [3.63, 3.8) is 0 Å². The molecule has 1 saturated heterocycles. The van der Waals surface area contributed by atoms with Crippen molar-refractivity contribution in [3.05, 3.63) is 60.2 Å². The van der Waals surface area contributed by atoms with E-state index in [9.17, 15) is 16.8 Å². The Kier molecular flexibility index (Phi) is 6.35. The first kappa shape index (κ1) is 22.5. The van der Waals surface area contributed by atoms with E-state index in [1.165, 1.54) is 16.4 Å². The van der Waals surface area contributed by atoms with Crippen molar-refractivity contribution in [1.29, 1.82) is 0 Å². The molecule has 0 saturated carbocycles. The molecule has 2 aromatic rings. The van der Waals surface area contributed by atoms with E-state index in [1.54, 1.807) is 54.3 Å². The second-order valence-electron chi connectivity index (χ2n) is 7.71. The molecular formula is C21H27N3O4S2. The third-order valence-electron chi connectivity index (χ3n) is 5.11. The third kappa shape index (κ3) is 4.43. The van der Waals surface area contributed by atoms with Crippen LogP contribution in [0, 0.1) is 12.8 Å². The topological polar surface area (TPSA) is 87.1 Å². The average molecular weight is 450 g/mol. The van der Waals surface area contributed by atoms with Crippen LogP contribution in [0.15, 0.2) is 68.8 Å². The lowest BCUT2D eigenvalue weighted by Crippen LogP contribution is -2.47. The lowest BCUT2D eigenvalue weighted by molar-refractivity contribution is 0.211. The van der Waals surface area contributed by atoms with E-state index >= 15 is 0 Å².